The van der Waals surface area contributed by atoms with Crippen LogP contribution in [0.25, 0.3) is 11.0 Å². The van der Waals surface area contributed by atoms with Crippen molar-refractivity contribution < 1.29 is 68.5 Å². The summed E-state index contributed by atoms with van der Waals surface area (Å²) in [5.74, 6) is -4.05. The molecule has 0 radical (unpaired) electrons. The number of pyridine rings is 2. The van der Waals surface area contributed by atoms with Gasteiger partial charge in [0.05, 0.1) is 35.4 Å². The molecule has 3 amide bonds. The zero-order valence-corrected chi connectivity index (χ0v) is 25.9. The first-order valence-corrected chi connectivity index (χ1v) is 13.6. The van der Waals surface area contributed by atoms with E-state index in [1.165, 1.54) is 30.6 Å². The van der Waals surface area contributed by atoms with Gasteiger partial charge in [-0.2, -0.15) is 0 Å². The fourth-order valence-electron chi connectivity index (χ4n) is 4.71. The Labute approximate surface area is 269 Å². The van der Waals surface area contributed by atoms with Gasteiger partial charge in [0.1, 0.15) is 23.1 Å². The number of aromatic amines is 1. The van der Waals surface area contributed by atoms with Crippen LogP contribution in [0, 0.1) is 0 Å². The summed E-state index contributed by atoms with van der Waals surface area (Å²) >= 11 is 1.14. The second-order valence-corrected chi connectivity index (χ2v) is 11.0. The molecule has 0 spiro atoms. The van der Waals surface area contributed by atoms with Crippen LogP contribution in [0.2, 0.25) is 0 Å². The number of esters is 1. The van der Waals surface area contributed by atoms with Crippen LogP contribution in [0.1, 0.15) is 36.5 Å². The molecule has 2 aromatic heterocycles. The number of carbonyl (C=O) groups is 5. The summed E-state index contributed by atoms with van der Waals surface area (Å²) in [5, 5.41) is 26.5. The molecule has 3 aliphatic rings. The van der Waals surface area contributed by atoms with Gasteiger partial charge in [0.25, 0.3) is 5.91 Å². The number of allylic oxidation sites excluding steroid dienone is 1. The van der Waals surface area contributed by atoms with Gasteiger partial charge in [0, 0.05) is 31.3 Å². The maximum atomic E-state index is 12.9. The number of carboxylic acid groups (broad SMARTS) is 1. The van der Waals surface area contributed by atoms with E-state index in [9.17, 15) is 39.0 Å². The van der Waals surface area contributed by atoms with Gasteiger partial charge in [-0.05, 0) is 23.8 Å². The number of hydrogen-bond acceptors (Lipinski definition) is 11. The predicted molar refractivity (Wildman–Crippen MR) is 145 cm³/mol. The minimum atomic E-state index is -1.83. The number of aromatic nitrogens is 2. The molecule has 2 aromatic rings. The molecule has 4 heterocycles. The molecule has 218 valence electrons. The van der Waals surface area contributed by atoms with Crippen LogP contribution >= 0.6 is 11.8 Å². The number of fused-ring (bicyclic) bond motifs is 2. The van der Waals surface area contributed by atoms with Crippen molar-refractivity contribution in [3.63, 3.8) is 0 Å². The van der Waals surface area contributed by atoms with Gasteiger partial charge < -0.3 is 35.4 Å². The molecule has 43 heavy (non-hydrogen) atoms. The third kappa shape index (κ3) is 6.75. The molecule has 1 aliphatic carbocycles. The Morgan fingerprint density at radius 3 is 2.72 bits per heavy atom. The number of nitrogens with zero attached hydrogens (tertiary/aromatic N) is 2. The number of rotatable bonds is 8. The molecule has 4 N–H and O–H groups in total. The van der Waals surface area contributed by atoms with Gasteiger partial charge in [0.15, 0.2) is 5.72 Å². The molecule has 16 heteroatoms. The van der Waals surface area contributed by atoms with E-state index in [1.807, 2.05) is 0 Å². The number of aliphatic hydroxyl groups is 1. The monoisotopic (exact) mass is 617 g/mol. The standard InChI is InChI=1S/C27H25N5O9S.Na/c1-13(33)41-12-16-22(26(38)39)32-19(35)10-20(32)42-25(16)30-18(34)9-14-4-6-27(40,7-5-14)31-24(37)15-11-29-17-3-2-8-28-21(17)23(15)36;/h2-6,8,11,20,25,40H,7,9-10,12H2,1H3,(H,29,36)(H,30,34)(H,31,37)(H,38,39);/q;+1/p-1/t20-,25?,27?;/m1./s1. The summed E-state index contributed by atoms with van der Waals surface area (Å²) in [7, 11) is 0. The van der Waals surface area contributed by atoms with Crippen LogP contribution in [0.4, 0.5) is 0 Å². The van der Waals surface area contributed by atoms with Crippen molar-refractivity contribution in [2.24, 2.45) is 0 Å². The Morgan fingerprint density at radius 1 is 1.30 bits per heavy atom. The minimum Gasteiger partial charge on any atom is -0.543 e. The van der Waals surface area contributed by atoms with Crippen LogP contribution in [-0.2, 0) is 23.9 Å². The molecule has 1 saturated heterocycles. The van der Waals surface area contributed by atoms with Gasteiger partial charge in [-0.3, -0.25) is 33.9 Å². The second kappa shape index (κ2) is 12.9. The summed E-state index contributed by atoms with van der Waals surface area (Å²) in [5.41, 5.74) is -2.06. The predicted octanol–water partition coefficient (Wildman–Crippen LogP) is -4.06. The van der Waals surface area contributed by atoms with Gasteiger partial charge in [-0.25, -0.2) is 0 Å². The minimum absolute atomic E-state index is 0. The normalized spacial score (nSPS) is 22.5. The molecule has 1 fully saturated rings. The van der Waals surface area contributed by atoms with Crippen molar-refractivity contribution >= 4 is 52.5 Å². The Balaban J connectivity index is 0.00000423. The average Bonchev–Trinajstić information content (AvgIpc) is 2.93. The number of amides is 3. The van der Waals surface area contributed by atoms with Gasteiger partial charge in [-0.1, -0.05) is 12.2 Å². The summed E-state index contributed by atoms with van der Waals surface area (Å²) in [6.45, 7) is 0.682. The number of thioether (sulfide) groups is 1. The van der Waals surface area contributed by atoms with Gasteiger partial charge in [0.2, 0.25) is 17.2 Å². The van der Waals surface area contributed by atoms with Crippen LogP contribution in [0.5, 0.6) is 0 Å². The topological polar surface area (TPSA) is 211 Å². The summed E-state index contributed by atoms with van der Waals surface area (Å²) in [4.78, 5) is 81.6. The largest absolute Gasteiger partial charge is 1.00 e. The van der Waals surface area contributed by atoms with Crippen molar-refractivity contribution in [3.8, 4) is 0 Å². The molecular weight excluding hydrogens is 593 g/mol. The molecule has 0 saturated carbocycles. The average molecular weight is 618 g/mol. The van der Waals surface area contributed by atoms with E-state index >= 15 is 0 Å². The molecule has 0 aromatic carbocycles. The second-order valence-electron chi connectivity index (χ2n) is 9.75. The van der Waals surface area contributed by atoms with E-state index in [1.54, 1.807) is 12.1 Å². The smallest absolute Gasteiger partial charge is 0.543 e. The number of aliphatic carboxylic acids is 1. The SMILES string of the molecule is CC(=O)OCC1=C(C(=O)[O-])N2C(=O)C[C@H]2SC1NC(=O)CC1=CCC(O)(NC(=O)c2c[nH]c3cccnc3c2=O)C=C1.[Na+]. The molecule has 14 nitrogen and oxygen atoms in total. The van der Waals surface area contributed by atoms with Crippen molar-refractivity contribution in [2.45, 2.75) is 42.7 Å². The maximum absolute atomic E-state index is 12.9. The summed E-state index contributed by atoms with van der Waals surface area (Å²) in [6, 6.07) is 3.28. The molecule has 5 rings (SSSR count). The van der Waals surface area contributed by atoms with Crippen LogP contribution in [-0.4, -0.2) is 72.7 Å². The third-order valence-electron chi connectivity index (χ3n) is 6.80. The quantitative estimate of drug-likeness (QED) is 0.0969. The molecular formula is C27H24N5NaO9S. The number of hydrogen-bond donors (Lipinski definition) is 4. The van der Waals surface area contributed by atoms with Gasteiger partial charge in [-0.15, -0.1) is 11.8 Å². The first-order chi connectivity index (χ1) is 20.0. The van der Waals surface area contributed by atoms with E-state index in [2.05, 4.69) is 20.6 Å². The third-order valence-corrected chi connectivity index (χ3v) is 8.17. The first kappa shape index (κ1) is 32.2. The fourth-order valence-corrected chi connectivity index (χ4v) is 6.15. The van der Waals surface area contributed by atoms with Crippen LogP contribution < -0.4 is 50.7 Å². The maximum Gasteiger partial charge on any atom is 1.00 e. The van der Waals surface area contributed by atoms with Crippen molar-refractivity contribution in [1.82, 2.24) is 25.5 Å². The van der Waals surface area contributed by atoms with Crippen LogP contribution in [0.3, 0.4) is 0 Å². The molecule has 2 aliphatic heterocycles. The van der Waals surface area contributed by atoms with E-state index in [4.69, 9.17) is 4.74 Å². The molecule has 0 bridgehead atoms. The van der Waals surface area contributed by atoms with Crippen molar-refractivity contribution in [3.05, 3.63) is 75.4 Å². The van der Waals surface area contributed by atoms with E-state index in [0.29, 0.717) is 11.1 Å². The van der Waals surface area contributed by atoms with Crippen LogP contribution in [0.15, 0.2) is 64.4 Å². The van der Waals surface area contributed by atoms with Crippen molar-refractivity contribution in [1.29, 1.82) is 0 Å². The van der Waals surface area contributed by atoms with Gasteiger partial charge >= 0.3 is 35.5 Å². The zero-order chi connectivity index (χ0) is 30.2. The van der Waals surface area contributed by atoms with E-state index in [0.717, 1.165) is 23.6 Å². The molecule has 2 unspecified atom stereocenters. The van der Waals surface area contributed by atoms with E-state index in [-0.39, 0.29) is 65.5 Å². The number of β-lactam (4-membered cyclic amide) rings is 1. The Morgan fingerprint density at radius 2 is 2.07 bits per heavy atom. The number of H-pyrrole nitrogens is 1. The number of carbonyl (C=O) groups excluding carboxylic acids is 5. The zero-order valence-electron chi connectivity index (χ0n) is 23.0. The summed E-state index contributed by atoms with van der Waals surface area (Å²) < 4.78 is 4.98. The number of nitrogens with one attached hydrogen (secondary N) is 3. The first-order valence-electron chi connectivity index (χ1n) is 12.7. The fraction of sp³-hybridized carbons (Fsp3) is 0.296. The Hall–Kier alpha value is -3.76. The Bertz CT molecular complexity index is 1690. The Kier molecular flexibility index (Phi) is 9.61. The molecule has 3 atom stereocenters. The number of ether oxygens (including phenoxy) is 1. The number of carboxylic acids is 1. The summed E-state index contributed by atoms with van der Waals surface area (Å²) in [6.07, 6.45) is 6.73. The van der Waals surface area contributed by atoms with E-state index < -0.39 is 63.9 Å². The van der Waals surface area contributed by atoms with Crippen molar-refractivity contribution in [2.75, 3.05) is 6.61 Å².